The van der Waals surface area contributed by atoms with Crippen LogP contribution in [-0.4, -0.2) is 42.0 Å². The molecule has 0 saturated carbocycles. The van der Waals surface area contributed by atoms with Crippen LogP contribution in [0.5, 0.6) is 0 Å². The smallest absolute Gasteiger partial charge is 0.227 e. The van der Waals surface area contributed by atoms with E-state index in [4.69, 9.17) is 0 Å². The van der Waals surface area contributed by atoms with Gasteiger partial charge in [-0.25, -0.2) is 4.98 Å². The molecule has 3 heterocycles. The number of piperazine rings is 1. The van der Waals surface area contributed by atoms with Crippen LogP contribution < -0.4 is 4.90 Å². The average molecular weight is 321 g/mol. The maximum atomic E-state index is 12.3. The van der Waals surface area contributed by atoms with Crippen molar-refractivity contribution >= 4 is 33.7 Å². The van der Waals surface area contributed by atoms with Gasteiger partial charge in [-0.3, -0.25) is 4.79 Å². The molecule has 1 aliphatic rings. The highest BCUT2D eigenvalue weighted by Gasteiger charge is 2.22. The molecule has 0 spiro atoms. The third kappa shape index (κ3) is 3.44. The lowest BCUT2D eigenvalue weighted by atomic mass is 10.2. The van der Waals surface area contributed by atoms with Crippen LogP contribution in [0.25, 0.3) is 0 Å². The second-order valence-electron chi connectivity index (χ2n) is 5.33. The lowest BCUT2D eigenvalue weighted by molar-refractivity contribution is -0.130. The summed E-state index contributed by atoms with van der Waals surface area (Å²) in [5.74, 6) is 0.242. The average Bonchev–Trinajstić information content (AvgIpc) is 3.08. The van der Waals surface area contributed by atoms with E-state index in [0.29, 0.717) is 6.42 Å². The van der Waals surface area contributed by atoms with E-state index in [1.54, 1.807) is 22.7 Å². The molecule has 0 aromatic carbocycles. The molecule has 0 atom stereocenters. The lowest BCUT2D eigenvalue weighted by Gasteiger charge is -2.34. The van der Waals surface area contributed by atoms with Crippen LogP contribution in [0.2, 0.25) is 0 Å². The van der Waals surface area contributed by atoms with Crippen LogP contribution in [0.4, 0.5) is 5.13 Å². The lowest BCUT2D eigenvalue weighted by Crippen LogP contribution is -2.49. The van der Waals surface area contributed by atoms with Crippen molar-refractivity contribution in [1.82, 2.24) is 9.88 Å². The second-order valence-corrected chi connectivity index (χ2v) is 7.54. The Morgan fingerprint density at radius 2 is 2.00 bits per heavy atom. The maximum absolute atomic E-state index is 12.3. The molecule has 0 aliphatic carbocycles. The van der Waals surface area contributed by atoms with Crippen LogP contribution in [-0.2, 0) is 11.2 Å². The standard InChI is InChI=1S/C15H19N3OS2/c1-11-10-20-15(16-11)18-7-5-17(6-8-18)14(19)9-13-4-3-12(2)21-13/h3-4,10H,5-9H2,1-2H3. The first kappa shape index (κ1) is 14.5. The zero-order valence-electron chi connectivity index (χ0n) is 12.3. The van der Waals surface area contributed by atoms with Gasteiger partial charge in [-0.15, -0.1) is 22.7 Å². The normalized spacial score (nSPS) is 15.5. The van der Waals surface area contributed by atoms with Crippen molar-refractivity contribution in [3.63, 3.8) is 0 Å². The fourth-order valence-electron chi connectivity index (χ4n) is 2.47. The molecule has 21 heavy (non-hydrogen) atoms. The quantitative estimate of drug-likeness (QED) is 0.872. The molecule has 1 fully saturated rings. The van der Waals surface area contributed by atoms with Crippen molar-refractivity contribution in [2.24, 2.45) is 0 Å². The first-order valence-corrected chi connectivity index (χ1v) is 8.81. The molecule has 1 saturated heterocycles. The van der Waals surface area contributed by atoms with Crippen molar-refractivity contribution in [3.05, 3.63) is 33.0 Å². The van der Waals surface area contributed by atoms with Crippen LogP contribution in [0.1, 0.15) is 15.4 Å². The number of hydrogen-bond donors (Lipinski definition) is 0. The predicted octanol–water partition coefficient (Wildman–Crippen LogP) is 2.71. The summed E-state index contributed by atoms with van der Waals surface area (Å²) in [6, 6.07) is 4.14. The van der Waals surface area contributed by atoms with Gasteiger partial charge in [0.15, 0.2) is 5.13 Å². The van der Waals surface area contributed by atoms with E-state index in [-0.39, 0.29) is 5.91 Å². The first-order valence-electron chi connectivity index (χ1n) is 7.12. The molecule has 0 bridgehead atoms. The topological polar surface area (TPSA) is 36.4 Å². The number of nitrogens with zero attached hydrogens (tertiary/aromatic N) is 3. The number of aromatic nitrogens is 1. The summed E-state index contributed by atoms with van der Waals surface area (Å²) in [6.45, 7) is 7.43. The van der Waals surface area contributed by atoms with Crippen molar-refractivity contribution < 1.29 is 4.79 Å². The summed E-state index contributed by atoms with van der Waals surface area (Å²) in [5, 5.41) is 3.15. The Morgan fingerprint density at radius 1 is 1.24 bits per heavy atom. The number of anilines is 1. The minimum absolute atomic E-state index is 0.242. The minimum Gasteiger partial charge on any atom is -0.345 e. The van der Waals surface area contributed by atoms with Gasteiger partial charge in [0.05, 0.1) is 12.1 Å². The van der Waals surface area contributed by atoms with Gasteiger partial charge in [-0.05, 0) is 26.0 Å². The highest BCUT2D eigenvalue weighted by molar-refractivity contribution is 7.13. The monoisotopic (exact) mass is 321 g/mol. The highest BCUT2D eigenvalue weighted by Crippen LogP contribution is 2.22. The molecule has 112 valence electrons. The molecule has 1 amide bonds. The number of aryl methyl sites for hydroxylation is 2. The molecule has 4 nitrogen and oxygen atoms in total. The fraction of sp³-hybridized carbons (Fsp3) is 0.467. The summed E-state index contributed by atoms with van der Waals surface area (Å²) < 4.78 is 0. The van der Waals surface area contributed by atoms with Gasteiger partial charge >= 0.3 is 0 Å². The number of thiophene rings is 1. The summed E-state index contributed by atoms with van der Waals surface area (Å²) >= 11 is 3.40. The SMILES string of the molecule is Cc1csc(N2CCN(C(=O)Cc3ccc(C)s3)CC2)n1. The molecule has 2 aromatic heterocycles. The largest absolute Gasteiger partial charge is 0.345 e. The third-order valence-electron chi connectivity index (χ3n) is 3.63. The number of hydrogen-bond acceptors (Lipinski definition) is 5. The number of rotatable bonds is 3. The fourth-order valence-corrected chi connectivity index (χ4v) is 4.21. The van der Waals surface area contributed by atoms with Crippen molar-refractivity contribution in [2.45, 2.75) is 20.3 Å². The van der Waals surface area contributed by atoms with E-state index in [0.717, 1.165) is 41.9 Å². The Labute approximate surface area is 133 Å². The van der Waals surface area contributed by atoms with E-state index in [9.17, 15) is 4.79 Å². The molecular weight excluding hydrogens is 302 g/mol. The highest BCUT2D eigenvalue weighted by atomic mass is 32.1. The zero-order valence-corrected chi connectivity index (χ0v) is 14.0. The molecule has 0 N–H and O–H groups in total. The van der Waals surface area contributed by atoms with Gasteiger partial charge in [0.25, 0.3) is 0 Å². The summed E-state index contributed by atoms with van der Waals surface area (Å²) in [4.78, 5) is 23.5. The molecule has 6 heteroatoms. The summed E-state index contributed by atoms with van der Waals surface area (Å²) in [5.41, 5.74) is 1.07. The first-order chi connectivity index (χ1) is 10.1. The van der Waals surface area contributed by atoms with Crippen LogP contribution >= 0.6 is 22.7 Å². The van der Waals surface area contributed by atoms with E-state index in [1.807, 2.05) is 11.8 Å². The number of carbonyl (C=O) groups is 1. The number of amides is 1. The Hall–Kier alpha value is -1.40. The van der Waals surface area contributed by atoms with Gasteiger partial charge in [0, 0.05) is 41.3 Å². The molecule has 1 aliphatic heterocycles. The second kappa shape index (κ2) is 6.15. The zero-order chi connectivity index (χ0) is 14.8. The molecule has 3 rings (SSSR count). The van der Waals surface area contributed by atoms with Crippen molar-refractivity contribution in [2.75, 3.05) is 31.1 Å². The Morgan fingerprint density at radius 3 is 2.57 bits per heavy atom. The summed E-state index contributed by atoms with van der Waals surface area (Å²) in [7, 11) is 0. The molecule has 2 aromatic rings. The van der Waals surface area contributed by atoms with Gasteiger partial charge in [-0.2, -0.15) is 0 Å². The van der Waals surface area contributed by atoms with Gasteiger partial charge in [0.1, 0.15) is 0 Å². The van der Waals surface area contributed by atoms with Crippen LogP contribution in [0.15, 0.2) is 17.5 Å². The van der Waals surface area contributed by atoms with E-state index in [1.165, 1.54) is 4.88 Å². The van der Waals surface area contributed by atoms with Crippen molar-refractivity contribution in [3.8, 4) is 0 Å². The van der Waals surface area contributed by atoms with E-state index < -0.39 is 0 Å². The Kier molecular flexibility index (Phi) is 4.26. The van der Waals surface area contributed by atoms with Gasteiger partial charge in [0.2, 0.25) is 5.91 Å². The van der Waals surface area contributed by atoms with Crippen LogP contribution in [0, 0.1) is 13.8 Å². The molecule has 0 unspecified atom stereocenters. The predicted molar refractivity (Wildman–Crippen MR) is 88.4 cm³/mol. The van der Waals surface area contributed by atoms with Gasteiger partial charge < -0.3 is 9.80 Å². The Balaban J connectivity index is 1.54. The third-order valence-corrected chi connectivity index (χ3v) is 5.65. The maximum Gasteiger partial charge on any atom is 0.227 e. The van der Waals surface area contributed by atoms with Crippen LogP contribution in [0.3, 0.4) is 0 Å². The summed E-state index contributed by atoms with van der Waals surface area (Å²) in [6.07, 6.45) is 0.537. The number of thiazole rings is 1. The minimum atomic E-state index is 0.242. The van der Waals surface area contributed by atoms with Crippen molar-refractivity contribution in [1.29, 1.82) is 0 Å². The molecule has 0 radical (unpaired) electrons. The van der Waals surface area contributed by atoms with E-state index >= 15 is 0 Å². The molecular formula is C15H19N3OS2. The van der Waals surface area contributed by atoms with Gasteiger partial charge in [-0.1, -0.05) is 0 Å². The number of carbonyl (C=O) groups excluding carboxylic acids is 1. The van der Waals surface area contributed by atoms with E-state index in [2.05, 4.69) is 34.3 Å². The Bertz CT molecular complexity index is 626.